The van der Waals surface area contributed by atoms with Gasteiger partial charge in [-0.2, -0.15) is 0 Å². The molecule has 0 atom stereocenters. The lowest BCUT2D eigenvalue weighted by molar-refractivity contribution is 1.42. The van der Waals surface area contributed by atoms with Gasteiger partial charge in [0.05, 0.1) is 0 Å². The maximum Gasteiger partial charge on any atom is -0.0227 e. The van der Waals surface area contributed by atoms with Crippen LogP contribution < -0.4 is 0 Å². The van der Waals surface area contributed by atoms with Crippen LogP contribution in [0.3, 0.4) is 0 Å². The Labute approximate surface area is 74.2 Å². The molecule has 0 nitrogen and oxygen atoms in total. The highest BCUT2D eigenvalue weighted by Crippen LogP contribution is 2.17. The second-order valence-electron chi connectivity index (χ2n) is 3.06. The SMILES string of the molecule is C=Cc1cc(C(=C)C)ccc1C. The zero-order chi connectivity index (χ0) is 9.14. The molecule has 0 spiro atoms. The third kappa shape index (κ3) is 1.65. The van der Waals surface area contributed by atoms with E-state index in [0.29, 0.717) is 0 Å². The molecule has 0 heteroatoms. The van der Waals surface area contributed by atoms with Crippen LogP contribution >= 0.6 is 0 Å². The molecule has 0 fully saturated rings. The quantitative estimate of drug-likeness (QED) is 0.616. The van der Waals surface area contributed by atoms with Gasteiger partial charge in [0.15, 0.2) is 0 Å². The molecule has 0 amide bonds. The van der Waals surface area contributed by atoms with Gasteiger partial charge in [-0.3, -0.25) is 0 Å². The fraction of sp³-hybridized carbons (Fsp3) is 0.167. The standard InChI is InChI=1S/C12H14/c1-5-11-8-12(9(2)3)7-6-10(11)4/h5-8H,1-2H2,3-4H3. The van der Waals surface area contributed by atoms with Gasteiger partial charge < -0.3 is 0 Å². The van der Waals surface area contributed by atoms with E-state index in [0.717, 1.165) is 5.57 Å². The Morgan fingerprint density at radius 3 is 2.58 bits per heavy atom. The van der Waals surface area contributed by atoms with Gasteiger partial charge in [-0.25, -0.2) is 0 Å². The second kappa shape index (κ2) is 3.40. The molecule has 1 aromatic rings. The molecule has 0 unspecified atom stereocenters. The lowest BCUT2D eigenvalue weighted by atomic mass is 10.0. The minimum atomic E-state index is 1.10. The van der Waals surface area contributed by atoms with Crippen LogP contribution in [-0.2, 0) is 0 Å². The normalized spacial score (nSPS) is 9.50. The highest BCUT2D eigenvalue weighted by Gasteiger charge is 1.96. The smallest absolute Gasteiger partial charge is 0.0227 e. The minimum Gasteiger partial charge on any atom is -0.0985 e. The Morgan fingerprint density at radius 1 is 1.42 bits per heavy atom. The van der Waals surface area contributed by atoms with E-state index in [4.69, 9.17) is 0 Å². The van der Waals surface area contributed by atoms with E-state index in [1.807, 2.05) is 13.0 Å². The van der Waals surface area contributed by atoms with Crippen molar-refractivity contribution in [1.29, 1.82) is 0 Å². The number of aryl methyl sites for hydroxylation is 1. The van der Waals surface area contributed by atoms with E-state index >= 15 is 0 Å². The molecule has 0 N–H and O–H groups in total. The molecule has 0 aromatic heterocycles. The molecule has 0 bridgehead atoms. The highest BCUT2D eigenvalue weighted by atomic mass is 14.0. The molecule has 1 aromatic carbocycles. The highest BCUT2D eigenvalue weighted by molar-refractivity contribution is 5.66. The molecule has 0 radical (unpaired) electrons. The Balaban J connectivity index is 3.22. The van der Waals surface area contributed by atoms with Crippen LogP contribution in [-0.4, -0.2) is 0 Å². The largest absolute Gasteiger partial charge is 0.0985 e. The van der Waals surface area contributed by atoms with Crippen molar-refractivity contribution in [2.75, 3.05) is 0 Å². The van der Waals surface area contributed by atoms with Crippen molar-refractivity contribution in [3.8, 4) is 0 Å². The van der Waals surface area contributed by atoms with Crippen molar-refractivity contribution in [3.63, 3.8) is 0 Å². The van der Waals surface area contributed by atoms with Gasteiger partial charge in [-0.1, -0.05) is 36.9 Å². The van der Waals surface area contributed by atoms with E-state index in [-0.39, 0.29) is 0 Å². The van der Waals surface area contributed by atoms with Crippen LogP contribution in [0, 0.1) is 6.92 Å². The molecule has 0 saturated heterocycles. The van der Waals surface area contributed by atoms with Crippen molar-refractivity contribution >= 4 is 11.6 Å². The van der Waals surface area contributed by atoms with Gasteiger partial charge in [0.2, 0.25) is 0 Å². The Hall–Kier alpha value is -1.30. The minimum absolute atomic E-state index is 1.10. The van der Waals surface area contributed by atoms with Crippen LogP contribution in [0.15, 0.2) is 31.4 Å². The number of hydrogen-bond donors (Lipinski definition) is 0. The van der Waals surface area contributed by atoms with Gasteiger partial charge in [-0.15, -0.1) is 0 Å². The summed E-state index contributed by atoms with van der Waals surface area (Å²) in [6.07, 6.45) is 1.88. The molecular weight excluding hydrogens is 144 g/mol. The maximum absolute atomic E-state index is 3.90. The molecule has 0 aliphatic rings. The predicted octanol–water partition coefficient (Wildman–Crippen LogP) is 3.67. The van der Waals surface area contributed by atoms with Gasteiger partial charge in [-0.05, 0) is 36.6 Å². The first-order chi connectivity index (χ1) is 5.65. The first kappa shape index (κ1) is 8.79. The van der Waals surface area contributed by atoms with Crippen molar-refractivity contribution in [2.45, 2.75) is 13.8 Å². The van der Waals surface area contributed by atoms with E-state index in [1.54, 1.807) is 0 Å². The van der Waals surface area contributed by atoms with E-state index in [1.165, 1.54) is 16.7 Å². The fourth-order valence-corrected chi connectivity index (χ4v) is 1.13. The lowest BCUT2D eigenvalue weighted by Gasteiger charge is -2.04. The summed E-state index contributed by atoms with van der Waals surface area (Å²) >= 11 is 0. The zero-order valence-electron chi connectivity index (χ0n) is 7.72. The fourth-order valence-electron chi connectivity index (χ4n) is 1.13. The average Bonchev–Trinajstić information content (AvgIpc) is 2.05. The molecule has 0 aliphatic carbocycles. The number of rotatable bonds is 2. The van der Waals surface area contributed by atoms with E-state index < -0.39 is 0 Å². The van der Waals surface area contributed by atoms with Gasteiger partial charge >= 0.3 is 0 Å². The number of benzene rings is 1. The average molecular weight is 158 g/mol. The molecule has 0 heterocycles. The summed E-state index contributed by atoms with van der Waals surface area (Å²) in [5.74, 6) is 0. The third-order valence-electron chi connectivity index (χ3n) is 1.99. The van der Waals surface area contributed by atoms with Crippen molar-refractivity contribution in [2.24, 2.45) is 0 Å². The molecule has 1 rings (SSSR count). The molecule has 62 valence electrons. The molecule has 0 saturated carbocycles. The van der Waals surface area contributed by atoms with Gasteiger partial charge in [0.1, 0.15) is 0 Å². The van der Waals surface area contributed by atoms with Crippen molar-refractivity contribution in [1.82, 2.24) is 0 Å². The molecule has 12 heavy (non-hydrogen) atoms. The molecule has 0 aliphatic heterocycles. The predicted molar refractivity (Wildman–Crippen MR) is 56.0 cm³/mol. The van der Waals surface area contributed by atoms with Crippen LogP contribution in [0.5, 0.6) is 0 Å². The Kier molecular flexibility index (Phi) is 2.49. The van der Waals surface area contributed by atoms with Crippen LogP contribution in [0.2, 0.25) is 0 Å². The van der Waals surface area contributed by atoms with Crippen molar-refractivity contribution in [3.05, 3.63) is 48.0 Å². The molecular formula is C12H14. The summed E-state index contributed by atoms with van der Waals surface area (Å²) in [6.45, 7) is 11.8. The van der Waals surface area contributed by atoms with E-state index in [2.05, 4.69) is 38.3 Å². The summed E-state index contributed by atoms with van der Waals surface area (Å²) < 4.78 is 0. The lowest BCUT2D eigenvalue weighted by Crippen LogP contribution is -1.83. The summed E-state index contributed by atoms with van der Waals surface area (Å²) in [5, 5.41) is 0. The van der Waals surface area contributed by atoms with Crippen LogP contribution in [0.1, 0.15) is 23.6 Å². The monoisotopic (exact) mass is 158 g/mol. The summed E-state index contributed by atoms with van der Waals surface area (Å²) in [4.78, 5) is 0. The van der Waals surface area contributed by atoms with Crippen LogP contribution in [0.4, 0.5) is 0 Å². The summed E-state index contributed by atoms with van der Waals surface area (Å²) in [5.41, 5.74) is 4.74. The second-order valence-corrected chi connectivity index (χ2v) is 3.06. The number of allylic oxidation sites excluding steroid dienone is 1. The Bertz CT molecular complexity index is 319. The third-order valence-corrected chi connectivity index (χ3v) is 1.99. The van der Waals surface area contributed by atoms with Crippen LogP contribution in [0.25, 0.3) is 11.6 Å². The first-order valence-corrected chi connectivity index (χ1v) is 4.04. The maximum atomic E-state index is 3.90. The topological polar surface area (TPSA) is 0 Å². The number of hydrogen-bond acceptors (Lipinski definition) is 0. The Morgan fingerprint density at radius 2 is 2.08 bits per heavy atom. The van der Waals surface area contributed by atoms with Gasteiger partial charge in [0, 0.05) is 0 Å². The first-order valence-electron chi connectivity index (χ1n) is 4.04. The summed E-state index contributed by atoms with van der Waals surface area (Å²) in [7, 11) is 0. The van der Waals surface area contributed by atoms with Crippen molar-refractivity contribution < 1.29 is 0 Å². The summed E-state index contributed by atoms with van der Waals surface area (Å²) in [6, 6.07) is 6.30. The zero-order valence-corrected chi connectivity index (χ0v) is 7.72. The van der Waals surface area contributed by atoms with Gasteiger partial charge in [0.25, 0.3) is 0 Å². The van der Waals surface area contributed by atoms with E-state index in [9.17, 15) is 0 Å².